The van der Waals surface area contributed by atoms with Crippen LogP contribution in [0, 0.1) is 10.1 Å². The molecule has 0 aliphatic carbocycles. The third-order valence-electron chi connectivity index (χ3n) is 2.88. The minimum atomic E-state index is -0.620. The third-order valence-corrected chi connectivity index (χ3v) is 3.11. The van der Waals surface area contributed by atoms with Crippen molar-refractivity contribution < 1.29 is 19.9 Å². The number of carbonyl (C=O) groups is 1. The van der Waals surface area contributed by atoms with Crippen molar-refractivity contribution in [1.82, 2.24) is 0 Å². The number of phenolic OH excluding ortho intramolecular Hbond substituents is 2. The Labute approximate surface area is 124 Å². The van der Waals surface area contributed by atoms with Crippen LogP contribution < -0.4 is 0 Å². The number of Topliss-reactive ketones (excluding diaryl/α,β-unsaturated/α-hetero) is 1. The van der Waals surface area contributed by atoms with E-state index in [0.717, 1.165) is 6.07 Å². The van der Waals surface area contributed by atoms with Gasteiger partial charge in [0.2, 0.25) is 0 Å². The number of phenols is 2. The molecule has 0 radical (unpaired) electrons. The fraction of sp³-hybridized carbons (Fsp3) is 0.0714. The number of nitro benzene ring substituents is 1. The molecule has 0 aliphatic heterocycles. The van der Waals surface area contributed by atoms with Gasteiger partial charge in [-0.25, -0.2) is 0 Å². The number of hydrogen-bond donors (Lipinski definition) is 2. The van der Waals surface area contributed by atoms with Crippen LogP contribution in [0.5, 0.6) is 11.5 Å². The van der Waals surface area contributed by atoms with E-state index in [4.69, 9.17) is 11.6 Å². The molecule has 0 saturated carbocycles. The largest absolute Gasteiger partial charge is 0.508 e. The van der Waals surface area contributed by atoms with Gasteiger partial charge < -0.3 is 10.2 Å². The Morgan fingerprint density at radius 2 is 1.90 bits per heavy atom. The monoisotopic (exact) mass is 307 g/mol. The maximum Gasteiger partial charge on any atom is 0.274 e. The van der Waals surface area contributed by atoms with Crippen molar-refractivity contribution >= 4 is 23.1 Å². The number of nitrogens with zero attached hydrogens (tertiary/aromatic N) is 1. The highest BCUT2D eigenvalue weighted by molar-refractivity contribution is 6.30. The molecule has 0 aliphatic rings. The first-order valence-electron chi connectivity index (χ1n) is 5.86. The topological polar surface area (TPSA) is 101 Å². The Hall–Kier alpha value is -2.60. The third kappa shape index (κ3) is 3.29. The summed E-state index contributed by atoms with van der Waals surface area (Å²) in [5.41, 5.74) is -0.0759. The number of carbonyl (C=O) groups excluding carboxylic acids is 1. The molecule has 2 aromatic carbocycles. The van der Waals surface area contributed by atoms with Crippen LogP contribution in [0.4, 0.5) is 5.69 Å². The van der Waals surface area contributed by atoms with Crippen LogP contribution in [0.15, 0.2) is 36.4 Å². The second-order valence-corrected chi connectivity index (χ2v) is 4.77. The minimum absolute atomic E-state index is 0.0166. The Morgan fingerprint density at radius 1 is 1.19 bits per heavy atom. The summed E-state index contributed by atoms with van der Waals surface area (Å²) in [6.07, 6.45) is -0.258. The number of aromatic hydroxyl groups is 2. The molecule has 7 heteroatoms. The van der Waals surface area contributed by atoms with E-state index in [0.29, 0.717) is 0 Å². The molecule has 6 nitrogen and oxygen atoms in total. The lowest BCUT2D eigenvalue weighted by molar-refractivity contribution is -0.385. The standard InChI is InChI=1S/C14H10ClNO5/c15-9-2-1-8(12(6-9)16(20)21)5-13(18)11-4-3-10(17)7-14(11)19/h1-4,6-7,17,19H,5H2. The fourth-order valence-electron chi connectivity index (χ4n) is 1.88. The predicted molar refractivity (Wildman–Crippen MR) is 75.9 cm³/mol. The zero-order valence-corrected chi connectivity index (χ0v) is 11.4. The van der Waals surface area contributed by atoms with E-state index in [1.54, 1.807) is 0 Å². The fourth-order valence-corrected chi connectivity index (χ4v) is 2.05. The summed E-state index contributed by atoms with van der Waals surface area (Å²) < 4.78 is 0. The van der Waals surface area contributed by atoms with Crippen molar-refractivity contribution in [3.8, 4) is 11.5 Å². The number of hydrogen-bond acceptors (Lipinski definition) is 5. The van der Waals surface area contributed by atoms with Gasteiger partial charge in [0.05, 0.1) is 10.5 Å². The summed E-state index contributed by atoms with van der Waals surface area (Å²) in [4.78, 5) is 22.4. The van der Waals surface area contributed by atoms with Gasteiger partial charge in [0.15, 0.2) is 5.78 Å². The molecular weight excluding hydrogens is 298 g/mol. The molecular formula is C14H10ClNO5. The number of nitro groups is 1. The predicted octanol–water partition coefficient (Wildman–Crippen LogP) is 3.08. The Bertz CT molecular complexity index is 729. The summed E-state index contributed by atoms with van der Waals surface area (Å²) in [7, 11) is 0. The average molecular weight is 308 g/mol. The maximum absolute atomic E-state index is 12.1. The molecule has 2 rings (SSSR count). The van der Waals surface area contributed by atoms with Crippen molar-refractivity contribution in [2.75, 3.05) is 0 Å². The zero-order valence-electron chi connectivity index (χ0n) is 10.6. The Kier molecular flexibility index (Phi) is 4.09. The Balaban J connectivity index is 2.34. The highest BCUT2D eigenvalue weighted by Gasteiger charge is 2.19. The lowest BCUT2D eigenvalue weighted by Crippen LogP contribution is -2.06. The quantitative estimate of drug-likeness (QED) is 0.513. The smallest absolute Gasteiger partial charge is 0.274 e. The highest BCUT2D eigenvalue weighted by atomic mass is 35.5. The van der Waals surface area contributed by atoms with Gasteiger partial charge in [-0.1, -0.05) is 17.7 Å². The molecule has 0 heterocycles. The molecule has 0 bridgehead atoms. The first kappa shape index (κ1) is 14.8. The number of ketones is 1. The van der Waals surface area contributed by atoms with Gasteiger partial charge in [-0.05, 0) is 18.2 Å². The normalized spacial score (nSPS) is 10.3. The van der Waals surface area contributed by atoms with Gasteiger partial charge in [0, 0.05) is 29.1 Å². The summed E-state index contributed by atoms with van der Waals surface area (Å²) >= 11 is 5.70. The van der Waals surface area contributed by atoms with E-state index in [1.165, 1.54) is 30.3 Å². The number of rotatable bonds is 4. The zero-order chi connectivity index (χ0) is 15.6. The van der Waals surface area contributed by atoms with Crippen molar-refractivity contribution in [2.45, 2.75) is 6.42 Å². The molecule has 21 heavy (non-hydrogen) atoms. The molecule has 108 valence electrons. The van der Waals surface area contributed by atoms with E-state index in [9.17, 15) is 25.1 Å². The number of benzene rings is 2. The molecule has 0 fully saturated rings. The molecule has 0 amide bonds. The minimum Gasteiger partial charge on any atom is -0.508 e. The summed E-state index contributed by atoms with van der Waals surface area (Å²) in [5, 5.41) is 30.0. The molecule has 0 atom stereocenters. The first-order valence-corrected chi connectivity index (χ1v) is 6.24. The average Bonchev–Trinajstić information content (AvgIpc) is 2.40. The SMILES string of the molecule is O=C(Cc1ccc(Cl)cc1[N+](=O)[O-])c1ccc(O)cc1O. The van der Waals surface area contributed by atoms with Crippen LogP contribution in [0.25, 0.3) is 0 Å². The van der Waals surface area contributed by atoms with Crippen LogP contribution in [0.1, 0.15) is 15.9 Å². The highest BCUT2D eigenvalue weighted by Crippen LogP contribution is 2.27. The van der Waals surface area contributed by atoms with E-state index in [-0.39, 0.29) is 39.8 Å². The van der Waals surface area contributed by atoms with Gasteiger partial charge >= 0.3 is 0 Å². The van der Waals surface area contributed by atoms with E-state index >= 15 is 0 Å². The van der Waals surface area contributed by atoms with Crippen LogP contribution in [-0.2, 0) is 6.42 Å². The van der Waals surface area contributed by atoms with Gasteiger partial charge in [-0.3, -0.25) is 14.9 Å². The van der Waals surface area contributed by atoms with Crippen molar-refractivity contribution in [2.24, 2.45) is 0 Å². The van der Waals surface area contributed by atoms with Crippen LogP contribution in [-0.4, -0.2) is 20.9 Å². The molecule has 2 aromatic rings. The maximum atomic E-state index is 12.1. The van der Waals surface area contributed by atoms with Gasteiger partial charge in [0.25, 0.3) is 5.69 Å². The van der Waals surface area contributed by atoms with Crippen molar-refractivity contribution in [3.05, 3.63) is 62.7 Å². The first-order chi connectivity index (χ1) is 9.88. The number of halogens is 1. The van der Waals surface area contributed by atoms with Crippen LogP contribution in [0.3, 0.4) is 0 Å². The van der Waals surface area contributed by atoms with Crippen LogP contribution >= 0.6 is 11.6 Å². The summed E-state index contributed by atoms with van der Waals surface area (Å²) in [5.74, 6) is -1.06. The summed E-state index contributed by atoms with van der Waals surface area (Å²) in [6, 6.07) is 7.56. The molecule has 2 N–H and O–H groups in total. The van der Waals surface area contributed by atoms with Crippen LogP contribution in [0.2, 0.25) is 5.02 Å². The Morgan fingerprint density at radius 3 is 2.52 bits per heavy atom. The van der Waals surface area contributed by atoms with Gasteiger partial charge in [-0.2, -0.15) is 0 Å². The molecule has 0 saturated heterocycles. The second-order valence-electron chi connectivity index (χ2n) is 4.33. The lowest BCUT2D eigenvalue weighted by Gasteiger charge is -2.05. The van der Waals surface area contributed by atoms with E-state index in [2.05, 4.69) is 0 Å². The molecule has 0 unspecified atom stereocenters. The molecule has 0 spiro atoms. The van der Waals surface area contributed by atoms with Crippen molar-refractivity contribution in [3.63, 3.8) is 0 Å². The van der Waals surface area contributed by atoms with E-state index < -0.39 is 10.7 Å². The van der Waals surface area contributed by atoms with Crippen molar-refractivity contribution in [1.29, 1.82) is 0 Å². The molecule has 0 aromatic heterocycles. The van der Waals surface area contributed by atoms with E-state index in [1.807, 2.05) is 0 Å². The summed E-state index contributed by atoms with van der Waals surface area (Å²) in [6.45, 7) is 0. The van der Waals surface area contributed by atoms with Gasteiger partial charge in [-0.15, -0.1) is 0 Å². The second kappa shape index (κ2) is 5.80. The lowest BCUT2D eigenvalue weighted by atomic mass is 10.0. The van der Waals surface area contributed by atoms with Gasteiger partial charge in [0.1, 0.15) is 11.5 Å².